The number of ether oxygens (including phenoxy) is 1. The van der Waals surface area contributed by atoms with Crippen molar-refractivity contribution in [2.24, 2.45) is 0 Å². The van der Waals surface area contributed by atoms with Crippen LogP contribution in [-0.4, -0.2) is 68.3 Å². The highest BCUT2D eigenvalue weighted by molar-refractivity contribution is 7.89. The molecular formula is C18H24ClN3O5S. The molecule has 154 valence electrons. The van der Waals surface area contributed by atoms with E-state index in [4.69, 9.17) is 16.3 Å². The average Bonchev–Trinajstić information content (AvgIpc) is 2.70. The number of nitrogens with zero attached hydrogens (tertiary/aromatic N) is 2. The van der Waals surface area contributed by atoms with Crippen LogP contribution in [0.1, 0.15) is 26.2 Å². The summed E-state index contributed by atoms with van der Waals surface area (Å²) in [6.45, 7) is 3.63. The van der Waals surface area contributed by atoms with Gasteiger partial charge in [0.15, 0.2) is 0 Å². The van der Waals surface area contributed by atoms with Crippen molar-refractivity contribution in [3.63, 3.8) is 0 Å². The Labute approximate surface area is 169 Å². The average molecular weight is 430 g/mol. The predicted molar refractivity (Wildman–Crippen MR) is 105 cm³/mol. The lowest BCUT2D eigenvalue weighted by Gasteiger charge is -2.32. The van der Waals surface area contributed by atoms with Crippen LogP contribution in [0.15, 0.2) is 23.1 Å². The summed E-state index contributed by atoms with van der Waals surface area (Å²) in [6.07, 6.45) is 2.74. The Balaban J connectivity index is 1.78. The van der Waals surface area contributed by atoms with Gasteiger partial charge in [0, 0.05) is 25.7 Å². The van der Waals surface area contributed by atoms with E-state index >= 15 is 0 Å². The molecule has 1 unspecified atom stereocenters. The number of carbonyl (C=O) groups is 2. The lowest BCUT2D eigenvalue weighted by molar-refractivity contribution is -0.145. The molecule has 0 aliphatic carbocycles. The Bertz CT molecular complexity index is 855. The van der Waals surface area contributed by atoms with Crippen LogP contribution in [0.5, 0.6) is 0 Å². The first kappa shape index (κ1) is 21.0. The molecule has 0 saturated carbocycles. The Morgan fingerprint density at radius 2 is 1.89 bits per heavy atom. The van der Waals surface area contributed by atoms with E-state index < -0.39 is 21.8 Å². The van der Waals surface area contributed by atoms with E-state index in [9.17, 15) is 18.0 Å². The van der Waals surface area contributed by atoms with Crippen molar-refractivity contribution in [2.75, 3.05) is 38.2 Å². The summed E-state index contributed by atoms with van der Waals surface area (Å²) in [6, 6.07) is 4.07. The number of carbonyl (C=O) groups excluding carboxylic acids is 2. The van der Waals surface area contributed by atoms with Crippen LogP contribution in [0.3, 0.4) is 0 Å². The van der Waals surface area contributed by atoms with Gasteiger partial charge in [-0.1, -0.05) is 11.6 Å². The molecule has 0 spiro atoms. The molecule has 2 heterocycles. The van der Waals surface area contributed by atoms with Crippen molar-refractivity contribution in [3.8, 4) is 0 Å². The first-order valence-corrected chi connectivity index (χ1v) is 11.1. The number of hydrogen-bond donors (Lipinski definition) is 1. The largest absolute Gasteiger partial charge is 0.379 e. The van der Waals surface area contributed by atoms with Gasteiger partial charge in [-0.3, -0.25) is 9.59 Å². The van der Waals surface area contributed by atoms with Gasteiger partial charge in [0.05, 0.1) is 28.8 Å². The standard InChI is InChI=1S/C18H24ClN3O5S/c1-13-4-2-3-7-22(13)18(24)17(23)20-16-12-14(5-6-15(16)19)28(25,26)21-8-10-27-11-9-21/h5-6,12-13H,2-4,7-11H2,1H3,(H,20,23). The molecule has 2 aliphatic heterocycles. The third kappa shape index (κ3) is 4.48. The number of morpholine rings is 1. The van der Waals surface area contributed by atoms with Crippen LogP contribution in [0.2, 0.25) is 5.02 Å². The molecule has 1 aromatic rings. The monoisotopic (exact) mass is 429 g/mol. The molecule has 2 amide bonds. The number of piperidine rings is 1. The minimum atomic E-state index is -3.74. The number of anilines is 1. The molecule has 0 aromatic heterocycles. The van der Waals surface area contributed by atoms with Crippen LogP contribution in [0, 0.1) is 0 Å². The number of rotatable bonds is 3. The second-order valence-corrected chi connectivity index (χ2v) is 9.30. The Morgan fingerprint density at radius 1 is 1.18 bits per heavy atom. The molecule has 1 aromatic carbocycles. The Hall–Kier alpha value is -1.68. The van der Waals surface area contributed by atoms with E-state index in [0.717, 1.165) is 19.3 Å². The number of likely N-dealkylation sites (tertiary alicyclic amines) is 1. The Kier molecular flexibility index (Phi) is 6.59. The first-order valence-electron chi connectivity index (χ1n) is 9.30. The zero-order chi connectivity index (χ0) is 20.3. The van der Waals surface area contributed by atoms with E-state index in [-0.39, 0.29) is 34.7 Å². The SMILES string of the molecule is CC1CCCCN1C(=O)C(=O)Nc1cc(S(=O)(=O)N2CCOCC2)ccc1Cl. The van der Waals surface area contributed by atoms with Crippen molar-refractivity contribution >= 4 is 39.1 Å². The summed E-state index contributed by atoms with van der Waals surface area (Å²) in [7, 11) is -3.74. The summed E-state index contributed by atoms with van der Waals surface area (Å²) < 4.78 is 32.1. The van der Waals surface area contributed by atoms with Gasteiger partial charge in [0.1, 0.15) is 0 Å². The van der Waals surface area contributed by atoms with E-state index in [0.29, 0.717) is 19.8 Å². The topological polar surface area (TPSA) is 96.0 Å². The normalized spacial score (nSPS) is 21.4. The van der Waals surface area contributed by atoms with Crippen LogP contribution in [0.25, 0.3) is 0 Å². The van der Waals surface area contributed by atoms with Crippen molar-refractivity contribution in [1.29, 1.82) is 0 Å². The molecule has 28 heavy (non-hydrogen) atoms. The lowest BCUT2D eigenvalue weighted by atomic mass is 10.0. The van der Waals surface area contributed by atoms with Gasteiger partial charge in [0.2, 0.25) is 10.0 Å². The Morgan fingerprint density at radius 3 is 2.57 bits per heavy atom. The van der Waals surface area contributed by atoms with Crippen molar-refractivity contribution < 1.29 is 22.7 Å². The van der Waals surface area contributed by atoms with E-state index in [1.54, 1.807) is 4.90 Å². The van der Waals surface area contributed by atoms with E-state index in [1.807, 2.05) is 6.92 Å². The summed E-state index contributed by atoms with van der Waals surface area (Å²) >= 11 is 6.13. The van der Waals surface area contributed by atoms with Crippen LogP contribution >= 0.6 is 11.6 Å². The van der Waals surface area contributed by atoms with Gasteiger partial charge in [-0.2, -0.15) is 4.31 Å². The summed E-state index contributed by atoms with van der Waals surface area (Å²) in [4.78, 5) is 26.5. The van der Waals surface area contributed by atoms with Gasteiger partial charge in [0.25, 0.3) is 0 Å². The second-order valence-electron chi connectivity index (χ2n) is 6.96. The maximum Gasteiger partial charge on any atom is 0.313 e. The molecule has 2 aliphatic rings. The van der Waals surface area contributed by atoms with Crippen LogP contribution in [-0.2, 0) is 24.3 Å². The van der Waals surface area contributed by atoms with Crippen molar-refractivity contribution in [1.82, 2.24) is 9.21 Å². The van der Waals surface area contributed by atoms with Crippen molar-refractivity contribution in [2.45, 2.75) is 37.1 Å². The summed E-state index contributed by atoms with van der Waals surface area (Å²) in [5.41, 5.74) is 0.0963. The number of nitrogens with one attached hydrogen (secondary N) is 1. The molecule has 10 heteroatoms. The fourth-order valence-corrected chi connectivity index (χ4v) is 5.00. The number of benzene rings is 1. The summed E-state index contributed by atoms with van der Waals surface area (Å²) in [5.74, 6) is -1.46. The fraction of sp³-hybridized carbons (Fsp3) is 0.556. The number of halogens is 1. The van der Waals surface area contributed by atoms with Crippen LogP contribution < -0.4 is 5.32 Å². The smallest absolute Gasteiger partial charge is 0.313 e. The van der Waals surface area contributed by atoms with Crippen molar-refractivity contribution in [3.05, 3.63) is 23.2 Å². The highest BCUT2D eigenvalue weighted by Gasteiger charge is 2.30. The van der Waals surface area contributed by atoms with Gasteiger partial charge in [-0.05, 0) is 44.4 Å². The third-order valence-electron chi connectivity index (χ3n) is 5.05. The minimum Gasteiger partial charge on any atom is -0.379 e. The molecule has 0 bridgehead atoms. The van der Waals surface area contributed by atoms with Gasteiger partial charge < -0.3 is 15.0 Å². The maximum absolute atomic E-state index is 12.8. The number of sulfonamides is 1. The number of hydrogen-bond acceptors (Lipinski definition) is 5. The molecule has 3 rings (SSSR count). The van der Waals surface area contributed by atoms with Crippen LogP contribution in [0.4, 0.5) is 5.69 Å². The minimum absolute atomic E-state index is 0.00416. The zero-order valence-electron chi connectivity index (χ0n) is 15.7. The highest BCUT2D eigenvalue weighted by Crippen LogP contribution is 2.27. The fourth-order valence-electron chi connectivity index (χ4n) is 3.40. The molecule has 2 saturated heterocycles. The molecule has 1 atom stereocenters. The second kappa shape index (κ2) is 8.77. The highest BCUT2D eigenvalue weighted by atomic mass is 35.5. The zero-order valence-corrected chi connectivity index (χ0v) is 17.3. The predicted octanol–water partition coefficient (Wildman–Crippen LogP) is 1.70. The summed E-state index contributed by atoms with van der Waals surface area (Å²) in [5, 5.41) is 2.63. The molecule has 1 N–H and O–H groups in total. The van der Waals surface area contributed by atoms with Gasteiger partial charge in [-0.15, -0.1) is 0 Å². The quantitative estimate of drug-likeness (QED) is 0.738. The van der Waals surface area contributed by atoms with E-state index in [2.05, 4.69) is 5.32 Å². The maximum atomic E-state index is 12.8. The molecule has 0 radical (unpaired) electrons. The lowest BCUT2D eigenvalue weighted by Crippen LogP contribution is -2.47. The molecule has 8 nitrogen and oxygen atoms in total. The van der Waals surface area contributed by atoms with E-state index in [1.165, 1.54) is 22.5 Å². The first-order chi connectivity index (χ1) is 13.3. The molecule has 2 fully saturated rings. The van der Waals surface area contributed by atoms with Gasteiger partial charge in [-0.25, -0.2) is 8.42 Å². The van der Waals surface area contributed by atoms with Gasteiger partial charge >= 0.3 is 11.8 Å². The number of amides is 2. The third-order valence-corrected chi connectivity index (χ3v) is 7.28. The molecular weight excluding hydrogens is 406 g/mol.